The summed E-state index contributed by atoms with van der Waals surface area (Å²) in [4.78, 5) is 29.6. The molecule has 9 heteroatoms. The quantitative estimate of drug-likeness (QED) is 0.170. The van der Waals surface area contributed by atoms with E-state index in [1.165, 1.54) is 6.92 Å². The van der Waals surface area contributed by atoms with Crippen molar-refractivity contribution >= 4 is 22.7 Å². The van der Waals surface area contributed by atoms with Crippen molar-refractivity contribution in [3.05, 3.63) is 102 Å². The van der Waals surface area contributed by atoms with E-state index in [0.717, 1.165) is 33.4 Å². The Hall–Kier alpha value is -5.05. The van der Waals surface area contributed by atoms with Crippen molar-refractivity contribution in [2.45, 2.75) is 47.3 Å². The summed E-state index contributed by atoms with van der Waals surface area (Å²) >= 11 is 0. The molecule has 0 aliphatic heterocycles. The summed E-state index contributed by atoms with van der Waals surface area (Å²) in [6.45, 7) is 8.01. The molecule has 0 unspecified atom stereocenters. The molecule has 5 rings (SSSR count). The molecular formula is C34H34N4O5. The van der Waals surface area contributed by atoms with Gasteiger partial charge in [0.2, 0.25) is 5.88 Å². The predicted octanol–water partition coefficient (Wildman–Crippen LogP) is 6.38. The van der Waals surface area contributed by atoms with Crippen molar-refractivity contribution in [1.29, 1.82) is 0 Å². The number of aromatic nitrogens is 4. The summed E-state index contributed by atoms with van der Waals surface area (Å²) in [5, 5.41) is 19.1. The number of carbonyl (C=O) groups excluding carboxylic acids is 1. The Labute approximate surface area is 250 Å². The Morgan fingerprint density at radius 2 is 1.74 bits per heavy atom. The van der Waals surface area contributed by atoms with Crippen LogP contribution in [0.5, 0.6) is 11.6 Å². The number of aliphatic carboxylic acids is 1. The Kier molecular flexibility index (Phi) is 8.52. The normalized spacial score (nSPS) is 11.4. The number of hydrogen-bond donors (Lipinski definition) is 1. The minimum absolute atomic E-state index is 0.133. The van der Waals surface area contributed by atoms with E-state index < -0.39 is 11.4 Å². The summed E-state index contributed by atoms with van der Waals surface area (Å²) in [6.07, 6.45) is 1.89. The number of fused-ring (bicyclic) bond motifs is 1. The van der Waals surface area contributed by atoms with Gasteiger partial charge in [-0.3, -0.25) is 14.6 Å². The number of carboxylic acid groups (broad SMARTS) is 1. The van der Waals surface area contributed by atoms with Crippen molar-refractivity contribution in [2.24, 2.45) is 5.41 Å². The molecule has 3 aromatic heterocycles. The van der Waals surface area contributed by atoms with Gasteiger partial charge >= 0.3 is 5.97 Å². The average molecular weight is 579 g/mol. The summed E-state index contributed by atoms with van der Waals surface area (Å²) in [6, 6.07) is 22.9. The van der Waals surface area contributed by atoms with E-state index in [0.29, 0.717) is 36.0 Å². The number of ether oxygens (including phenoxy) is 2. The SMILES string of the molecule is CCOc1ccc(-c2ccc(Cn3c(CC(C)(C)C(=O)O)c(C(C)=O)c4cc(OCc5ccccn5)ccc43)cc2)nn1. The fourth-order valence-electron chi connectivity index (χ4n) is 5.03. The third-order valence-electron chi connectivity index (χ3n) is 7.32. The number of carboxylic acids is 1. The predicted molar refractivity (Wildman–Crippen MR) is 163 cm³/mol. The second kappa shape index (κ2) is 12.4. The molecule has 0 saturated heterocycles. The number of hydrogen-bond acceptors (Lipinski definition) is 7. The maximum absolute atomic E-state index is 13.1. The zero-order chi connectivity index (χ0) is 30.6. The number of carbonyl (C=O) groups is 2. The molecule has 3 heterocycles. The monoisotopic (exact) mass is 578 g/mol. The number of benzene rings is 2. The van der Waals surface area contributed by atoms with Crippen LogP contribution in [0.4, 0.5) is 0 Å². The van der Waals surface area contributed by atoms with E-state index in [-0.39, 0.29) is 18.8 Å². The van der Waals surface area contributed by atoms with Crippen LogP contribution in [0.1, 0.15) is 55.0 Å². The van der Waals surface area contributed by atoms with Gasteiger partial charge < -0.3 is 19.1 Å². The molecule has 2 aromatic carbocycles. The standard InChI is InChI=1S/C34H34N4O5/c1-5-42-31-16-14-28(36-37-31)24-11-9-23(10-12-24)20-38-29-15-13-26(43-21-25-8-6-7-17-35-25)18-27(29)32(22(2)39)30(38)19-34(3,4)33(40)41/h6-18H,5,19-21H2,1-4H3,(H,40,41). The summed E-state index contributed by atoms with van der Waals surface area (Å²) < 4.78 is 13.5. The first kappa shape index (κ1) is 29.4. The molecule has 43 heavy (non-hydrogen) atoms. The molecule has 0 spiro atoms. The third kappa shape index (κ3) is 6.56. The third-order valence-corrected chi connectivity index (χ3v) is 7.32. The highest BCUT2D eigenvalue weighted by Gasteiger charge is 2.32. The molecule has 1 N–H and O–H groups in total. The molecule has 220 valence electrons. The Morgan fingerprint density at radius 3 is 2.37 bits per heavy atom. The summed E-state index contributed by atoms with van der Waals surface area (Å²) in [5.74, 6) is 0.0126. The molecule has 0 saturated carbocycles. The van der Waals surface area contributed by atoms with E-state index >= 15 is 0 Å². The van der Waals surface area contributed by atoms with Crippen LogP contribution >= 0.6 is 0 Å². The molecule has 9 nitrogen and oxygen atoms in total. The average Bonchev–Trinajstić information content (AvgIpc) is 3.29. The number of pyridine rings is 1. The van der Waals surface area contributed by atoms with Crippen LogP contribution < -0.4 is 9.47 Å². The molecule has 0 aliphatic carbocycles. The van der Waals surface area contributed by atoms with E-state index in [2.05, 4.69) is 15.2 Å². The Balaban J connectivity index is 1.52. The lowest BCUT2D eigenvalue weighted by atomic mass is 9.86. The van der Waals surface area contributed by atoms with Crippen molar-refractivity contribution < 1.29 is 24.2 Å². The lowest BCUT2D eigenvalue weighted by molar-refractivity contribution is -0.146. The van der Waals surface area contributed by atoms with Crippen LogP contribution in [0.25, 0.3) is 22.2 Å². The molecular weight excluding hydrogens is 544 g/mol. The van der Waals surface area contributed by atoms with Gasteiger partial charge in [0.1, 0.15) is 12.4 Å². The number of nitrogens with zero attached hydrogens (tertiary/aromatic N) is 4. The van der Waals surface area contributed by atoms with Gasteiger partial charge in [-0.05, 0) is 69.7 Å². The molecule has 0 aliphatic rings. The smallest absolute Gasteiger partial charge is 0.309 e. The first-order valence-electron chi connectivity index (χ1n) is 14.1. The Bertz CT molecular complexity index is 1740. The molecule has 0 fully saturated rings. The minimum Gasteiger partial charge on any atom is -0.487 e. The van der Waals surface area contributed by atoms with Gasteiger partial charge in [-0.1, -0.05) is 30.3 Å². The van der Waals surface area contributed by atoms with Crippen LogP contribution in [0.15, 0.2) is 79.0 Å². The summed E-state index contributed by atoms with van der Waals surface area (Å²) in [5.41, 5.74) is 4.32. The highest BCUT2D eigenvalue weighted by Crippen LogP contribution is 2.35. The second-order valence-corrected chi connectivity index (χ2v) is 11.0. The van der Waals surface area contributed by atoms with Crippen LogP contribution in [0.2, 0.25) is 0 Å². The fraction of sp³-hybridized carbons (Fsp3) is 0.265. The van der Waals surface area contributed by atoms with E-state index in [9.17, 15) is 14.7 Å². The van der Waals surface area contributed by atoms with E-state index in [1.54, 1.807) is 26.1 Å². The van der Waals surface area contributed by atoms with Crippen LogP contribution in [-0.2, 0) is 24.4 Å². The lowest BCUT2D eigenvalue weighted by Gasteiger charge is -2.22. The second-order valence-electron chi connectivity index (χ2n) is 11.0. The van der Waals surface area contributed by atoms with Crippen molar-refractivity contribution in [2.75, 3.05) is 6.61 Å². The molecule has 0 amide bonds. The first-order valence-corrected chi connectivity index (χ1v) is 14.1. The van der Waals surface area contributed by atoms with Crippen molar-refractivity contribution in [3.8, 4) is 22.9 Å². The van der Waals surface area contributed by atoms with Crippen LogP contribution in [0, 0.1) is 5.41 Å². The van der Waals surface area contributed by atoms with Crippen molar-refractivity contribution in [1.82, 2.24) is 19.7 Å². The van der Waals surface area contributed by atoms with Gasteiger partial charge in [0.25, 0.3) is 0 Å². The zero-order valence-electron chi connectivity index (χ0n) is 24.7. The van der Waals surface area contributed by atoms with Crippen LogP contribution in [-0.4, -0.2) is 43.2 Å². The minimum atomic E-state index is -1.09. The molecule has 0 atom stereocenters. The van der Waals surface area contributed by atoms with Gasteiger partial charge in [0.05, 0.1) is 23.4 Å². The van der Waals surface area contributed by atoms with Gasteiger partial charge in [-0.2, -0.15) is 0 Å². The highest BCUT2D eigenvalue weighted by atomic mass is 16.5. The number of Topliss-reactive ketones (excluding diaryl/α,β-unsaturated/α-hetero) is 1. The fourth-order valence-corrected chi connectivity index (χ4v) is 5.03. The van der Waals surface area contributed by atoms with Crippen LogP contribution in [0.3, 0.4) is 0 Å². The van der Waals surface area contributed by atoms with Gasteiger partial charge in [-0.15, -0.1) is 10.2 Å². The summed E-state index contributed by atoms with van der Waals surface area (Å²) in [7, 11) is 0. The van der Waals surface area contributed by atoms with E-state index in [4.69, 9.17) is 9.47 Å². The van der Waals surface area contributed by atoms with Crippen molar-refractivity contribution in [3.63, 3.8) is 0 Å². The zero-order valence-corrected chi connectivity index (χ0v) is 24.7. The first-order chi connectivity index (χ1) is 20.7. The topological polar surface area (TPSA) is 116 Å². The van der Waals surface area contributed by atoms with E-state index in [1.807, 2.05) is 78.2 Å². The number of ketones is 1. The number of rotatable bonds is 12. The highest BCUT2D eigenvalue weighted by molar-refractivity contribution is 6.09. The van der Waals surface area contributed by atoms with Gasteiger partial charge in [-0.25, -0.2) is 0 Å². The maximum atomic E-state index is 13.1. The maximum Gasteiger partial charge on any atom is 0.309 e. The van der Waals surface area contributed by atoms with Gasteiger partial charge in [0, 0.05) is 53.0 Å². The Morgan fingerprint density at radius 1 is 0.953 bits per heavy atom. The molecule has 5 aromatic rings. The lowest BCUT2D eigenvalue weighted by Crippen LogP contribution is -2.28. The molecule has 0 bridgehead atoms. The molecule has 0 radical (unpaired) electrons. The largest absolute Gasteiger partial charge is 0.487 e. The van der Waals surface area contributed by atoms with Gasteiger partial charge in [0.15, 0.2) is 5.78 Å².